The normalized spacial score (nSPS) is 12.9. The van der Waals surface area contributed by atoms with Crippen LogP contribution in [0.4, 0.5) is 17.1 Å². The quantitative estimate of drug-likeness (QED) is 0.0747. The molecule has 0 spiro atoms. The summed E-state index contributed by atoms with van der Waals surface area (Å²) in [6, 6.07) is 54.1. The molecule has 0 fully saturated rings. The monoisotopic (exact) mass is 909 g/mol. The molecule has 0 amide bonds. The largest absolute Gasteiger partial charge is 0.344 e. The molecule has 70 heavy (non-hydrogen) atoms. The summed E-state index contributed by atoms with van der Waals surface area (Å²) in [5.74, 6) is 0. The Kier molecular flexibility index (Phi) is 17.3. The van der Waals surface area contributed by atoms with Gasteiger partial charge in [-0.25, -0.2) is 0 Å². The molecular formula is C68H64N2. The average molecular weight is 909 g/mol. The summed E-state index contributed by atoms with van der Waals surface area (Å²) >= 11 is 0. The Bertz CT molecular complexity index is 3070. The van der Waals surface area contributed by atoms with Gasteiger partial charge in [-0.3, -0.25) is 0 Å². The predicted molar refractivity (Wildman–Crippen MR) is 308 cm³/mol. The zero-order valence-electron chi connectivity index (χ0n) is 41.2. The first-order valence-corrected chi connectivity index (χ1v) is 24.0. The van der Waals surface area contributed by atoms with Crippen molar-refractivity contribution in [2.45, 2.75) is 33.6 Å². The summed E-state index contributed by atoms with van der Waals surface area (Å²) in [4.78, 5) is 4.67. The third-order valence-corrected chi connectivity index (χ3v) is 12.5. The number of nitrogens with zero attached hydrogens (tertiary/aromatic N) is 2. The summed E-state index contributed by atoms with van der Waals surface area (Å²) in [5.41, 5.74) is 20.2. The molecule has 0 N–H and O–H groups in total. The second-order valence-corrected chi connectivity index (χ2v) is 17.1. The van der Waals surface area contributed by atoms with Crippen LogP contribution in [0.3, 0.4) is 0 Å². The van der Waals surface area contributed by atoms with Gasteiger partial charge in [0, 0.05) is 48.3 Å². The third-order valence-electron chi connectivity index (χ3n) is 12.5. The van der Waals surface area contributed by atoms with Crippen LogP contribution >= 0.6 is 0 Å². The zero-order valence-corrected chi connectivity index (χ0v) is 41.2. The Morgan fingerprint density at radius 1 is 0.614 bits per heavy atom. The molecule has 1 aliphatic carbocycles. The van der Waals surface area contributed by atoms with Crippen molar-refractivity contribution in [3.05, 3.63) is 314 Å². The Balaban J connectivity index is 1.35. The third kappa shape index (κ3) is 12.2. The van der Waals surface area contributed by atoms with Crippen molar-refractivity contribution in [1.82, 2.24) is 0 Å². The lowest BCUT2D eigenvalue weighted by Gasteiger charge is -2.29. The Morgan fingerprint density at radius 2 is 1.21 bits per heavy atom. The maximum absolute atomic E-state index is 4.32. The van der Waals surface area contributed by atoms with Gasteiger partial charge < -0.3 is 9.80 Å². The molecule has 0 heterocycles. The highest BCUT2D eigenvalue weighted by Crippen LogP contribution is 2.38. The number of hydrogen-bond donors (Lipinski definition) is 0. The van der Waals surface area contributed by atoms with Crippen molar-refractivity contribution in [2.75, 3.05) is 16.8 Å². The fourth-order valence-electron chi connectivity index (χ4n) is 8.85. The van der Waals surface area contributed by atoms with Gasteiger partial charge in [0.05, 0.1) is 0 Å². The maximum Gasteiger partial charge on any atom is 0.0461 e. The first-order chi connectivity index (χ1) is 34.3. The number of anilines is 3. The SMILES string of the molecule is C=C/C=C\C(=C)c1ccc(C2=CC=C(N(C(/C=C(\C)c3cccc(N(C)c4ccccc4)c3CC(C=C)=C(/C=C\C)/C=C\C)=C/C=C)c3ccc(-c4ccc(-c5ccccc5)cc4)cc3)CC=C2)cc1. The molecule has 0 aliphatic heterocycles. The lowest BCUT2D eigenvalue weighted by Crippen LogP contribution is -2.21. The maximum atomic E-state index is 4.32. The van der Waals surface area contributed by atoms with Gasteiger partial charge in [-0.05, 0) is 142 Å². The van der Waals surface area contributed by atoms with E-state index in [2.05, 4.69) is 276 Å². The van der Waals surface area contributed by atoms with Crippen LogP contribution in [0.2, 0.25) is 0 Å². The van der Waals surface area contributed by atoms with Crippen LogP contribution < -0.4 is 9.80 Å². The second-order valence-electron chi connectivity index (χ2n) is 17.1. The number of rotatable bonds is 19. The molecule has 0 atom stereocenters. The van der Waals surface area contributed by atoms with Gasteiger partial charge >= 0.3 is 0 Å². The van der Waals surface area contributed by atoms with Crippen molar-refractivity contribution in [2.24, 2.45) is 0 Å². The van der Waals surface area contributed by atoms with E-state index < -0.39 is 0 Å². The van der Waals surface area contributed by atoms with Crippen LogP contribution in [0, 0.1) is 0 Å². The summed E-state index contributed by atoms with van der Waals surface area (Å²) in [5, 5.41) is 0. The van der Waals surface area contributed by atoms with E-state index in [9.17, 15) is 0 Å². The van der Waals surface area contributed by atoms with Crippen molar-refractivity contribution in [3.63, 3.8) is 0 Å². The minimum atomic E-state index is 0.684. The van der Waals surface area contributed by atoms with Crippen LogP contribution in [-0.2, 0) is 6.42 Å². The molecule has 7 rings (SSSR count). The molecule has 6 aromatic rings. The molecule has 0 bridgehead atoms. The molecule has 0 aromatic heterocycles. The van der Waals surface area contributed by atoms with Crippen LogP contribution in [0.15, 0.2) is 292 Å². The molecule has 2 heteroatoms. The molecule has 0 radical (unpaired) electrons. The van der Waals surface area contributed by atoms with E-state index in [0.29, 0.717) is 12.8 Å². The topological polar surface area (TPSA) is 6.48 Å². The van der Waals surface area contributed by atoms with E-state index in [4.69, 9.17) is 0 Å². The van der Waals surface area contributed by atoms with Crippen molar-refractivity contribution < 1.29 is 0 Å². The molecular weight excluding hydrogens is 845 g/mol. The number of benzene rings is 6. The fourth-order valence-corrected chi connectivity index (χ4v) is 8.85. The van der Waals surface area contributed by atoms with E-state index in [1.54, 1.807) is 6.08 Å². The standard InChI is InChI=1S/C68H64N2/c1-9-14-26-51(6)54-35-37-59(38-36-54)57-29-21-32-63(46-43-57)70(64-47-44-61(45-48-64)60-41-39-58(40-42-60)56-27-17-15-18-28-56)65(25-12-4)49-52(7)66-33-22-34-68(69(8)62-30-19-16-20-31-62)67(66)50-53(13-5)55(23-10-2)24-11-3/h9-31,33-49H,1,4-6,32,50H2,2-3,7-8H3/b23-10-,24-11-,26-14-,52-49+,65-25+. The highest BCUT2D eigenvalue weighted by atomic mass is 15.2. The van der Waals surface area contributed by atoms with Gasteiger partial charge in [-0.15, -0.1) is 0 Å². The van der Waals surface area contributed by atoms with Gasteiger partial charge in [0.2, 0.25) is 0 Å². The first kappa shape index (κ1) is 49.4. The van der Waals surface area contributed by atoms with Gasteiger partial charge in [0.1, 0.15) is 0 Å². The molecule has 0 saturated carbocycles. The minimum absolute atomic E-state index is 0.684. The summed E-state index contributed by atoms with van der Waals surface area (Å²) in [6.45, 7) is 23.0. The van der Waals surface area contributed by atoms with Gasteiger partial charge in [0.15, 0.2) is 0 Å². The summed E-state index contributed by atoms with van der Waals surface area (Å²) in [7, 11) is 2.15. The smallest absolute Gasteiger partial charge is 0.0461 e. The minimum Gasteiger partial charge on any atom is -0.344 e. The summed E-state index contributed by atoms with van der Waals surface area (Å²) in [6.07, 6.45) is 32.9. The summed E-state index contributed by atoms with van der Waals surface area (Å²) < 4.78 is 0. The highest BCUT2D eigenvalue weighted by Gasteiger charge is 2.20. The molecule has 0 unspecified atom stereocenters. The number of hydrogen-bond acceptors (Lipinski definition) is 2. The van der Waals surface area contributed by atoms with E-state index in [1.807, 2.05) is 24.3 Å². The second kappa shape index (κ2) is 24.5. The van der Waals surface area contributed by atoms with Crippen LogP contribution in [0.1, 0.15) is 49.4 Å². The molecule has 346 valence electrons. The van der Waals surface area contributed by atoms with Gasteiger partial charge in [-0.1, -0.05) is 221 Å². The Hall–Kier alpha value is -8.46. The molecule has 2 nitrogen and oxygen atoms in total. The predicted octanol–water partition coefficient (Wildman–Crippen LogP) is 18.6. The van der Waals surface area contributed by atoms with E-state index >= 15 is 0 Å². The van der Waals surface area contributed by atoms with E-state index in [-0.39, 0.29) is 0 Å². The fraction of sp³-hybridized carbons (Fsp3) is 0.0882. The van der Waals surface area contributed by atoms with Gasteiger partial charge in [0.25, 0.3) is 0 Å². The number of para-hydroxylation sites is 1. The molecule has 6 aromatic carbocycles. The van der Waals surface area contributed by atoms with Crippen LogP contribution in [0.25, 0.3) is 39.0 Å². The zero-order chi connectivity index (χ0) is 49.2. The molecule has 1 aliphatic rings. The lowest BCUT2D eigenvalue weighted by molar-refractivity contribution is 1.04. The highest BCUT2D eigenvalue weighted by molar-refractivity contribution is 5.82. The molecule has 0 saturated heterocycles. The lowest BCUT2D eigenvalue weighted by atomic mass is 9.90. The first-order valence-electron chi connectivity index (χ1n) is 24.0. The van der Waals surface area contributed by atoms with Crippen LogP contribution in [-0.4, -0.2) is 7.05 Å². The van der Waals surface area contributed by atoms with E-state index in [0.717, 1.165) is 78.6 Å². The van der Waals surface area contributed by atoms with Gasteiger partial charge in [-0.2, -0.15) is 0 Å². The number of allylic oxidation sites excluding steroid dienone is 20. The average Bonchev–Trinajstić information content (AvgIpc) is 3.66. The Labute approximate surface area is 418 Å². The van der Waals surface area contributed by atoms with Crippen molar-refractivity contribution in [3.8, 4) is 22.3 Å². The Morgan fingerprint density at radius 3 is 1.81 bits per heavy atom. The van der Waals surface area contributed by atoms with Crippen molar-refractivity contribution in [1.29, 1.82) is 0 Å². The van der Waals surface area contributed by atoms with Crippen molar-refractivity contribution >= 4 is 33.8 Å². The van der Waals surface area contributed by atoms with Crippen LogP contribution in [0.5, 0.6) is 0 Å². The van der Waals surface area contributed by atoms with E-state index in [1.165, 1.54) is 22.3 Å².